The SMILES string of the molecule is COc1cc(/C=C2\N=C(c3ccc(I)c(C)c3)OC2=O)cc(Br)c1OCc1ccccc1C. The van der Waals surface area contributed by atoms with E-state index < -0.39 is 5.97 Å². The molecule has 1 heterocycles. The minimum absolute atomic E-state index is 0.226. The van der Waals surface area contributed by atoms with Crippen molar-refractivity contribution in [3.05, 3.63) is 96.2 Å². The number of hydrogen-bond donors (Lipinski definition) is 0. The fourth-order valence-electron chi connectivity index (χ4n) is 3.35. The van der Waals surface area contributed by atoms with Crippen molar-refractivity contribution in [1.29, 1.82) is 0 Å². The van der Waals surface area contributed by atoms with E-state index in [9.17, 15) is 4.79 Å². The van der Waals surface area contributed by atoms with Gasteiger partial charge in [-0.15, -0.1) is 0 Å². The molecule has 0 saturated heterocycles. The van der Waals surface area contributed by atoms with Crippen LogP contribution in [0.2, 0.25) is 0 Å². The van der Waals surface area contributed by atoms with E-state index in [0.717, 1.165) is 31.4 Å². The number of ether oxygens (including phenoxy) is 3. The van der Waals surface area contributed by atoms with Crippen LogP contribution in [0.1, 0.15) is 27.8 Å². The largest absolute Gasteiger partial charge is 0.493 e. The Morgan fingerprint density at radius 3 is 2.61 bits per heavy atom. The van der Waals surface area contributed by atoms with Gasteiger partial charge in [0.25, 0.3) is 0 Å². The molecule has 3 aromatic rings. The van der Waals surface area contributed by atoms with Gasteiger partial charge in [0.15, 0.2) is 17.2 Å². The Morgan fingerprint density at radius 2 is 1.88 bits per heavy atom. The number of esters is 1. The van der Waals surface area contributed by atoms with Crippen LogP contribution in [0, 0.1) is 17.4 Å². The first-order valence-electron chi connectivity index (χ1n) is 10.2. The lowest BCUT2D eigenvalue weighted by Gasteiger charge is -2.14. The number of aliphatic imine (C=N–C) groups is 1. The Morgan fingerprint density at radius 1 is 1.09 bits per heavy atom. The molecule has 0 saturated carbocycles. The highest BCUT2D eigenvalue weighted by Gasteiger charge is 2.25. The monoisotopic (exact) mass is 617 g/mol. The van der Waals surface area contributed by atoms with Crippen LogP contribution >= 0.6 is 38.5 Å². The lowest BCUT2D eigenvalue weighted by molar-refractivity contribution is -0.129. The molecule has 0 fully saturated rings. The maximum Gasteiger partial charge on any atom is 0.363 e. The van der Waals surface area contributed by atoms with Crippen molar-refractivity contribution in [2.75, 3.05) is 7.11 Å². The summed E-state index contributed by atoms with van der Waals surface area (Å²) in [5, 5.41) is 0. The van der Waals surface area contributed by atoms with Gasteiger partial charge in [0.05, 0.1) is 11.6 Å². The summed E-state index contributed by atoms with van der Waals surface area (Å²) in [6.45, 7) is 4.47. The highest BCUT2D eigenvalue weighted by Crippen LogP contribution is 2.38. The molecule has 5 nitrogen and oxygen atoms in total. The van der Waals surface area contributed by atoms with Gasteiger partial charge in [0.1, 0.15) is 6.61 Å². The lowest BCUT2D eigenvalue weighted by atomic mass is 10.1. The smallest absolute Gasteiger partial charge is 0.363 e. The van der Waals surface area contributed by atoms with Crippen LogP contribution in [0.5, 0.6) is 11.5 Å². The van der Waals surface area contributed by atoms with Gasteiger partial charge in [-0.05, 0) is 111 Å². The molecule has 33 heavy (non-hydrogen) atoms. The number of carbonyl (C=O) groups is 1. The zero-order valence-electron chi connectivity index (χ0n) is 18.3. The van der Waals surface area contributed by atoms with E-state index in [1.807, 2.05) is 62.4 Å². The van der Waals surface area contributed by atoms with Crippen molar-refractivity contribution >= 4 is 56.5 Å². The van der Waals surface area contributed by atoms with Gasteiger partial charge in [-0.25, -0.2) is 9.79 Å². The molecule has 0 spiro atoms. The number of benzene rings is 3. The molecule has 7 heteroatoms. The molecule has 0 radical (unpaired) electrons. The second-order valence-electron chi connectivity index (χ2n) is 7.55. The summed E-state index contributed by atoms with van der Waals surface area (Å²) in [7, 11) is 1.58. The van der Waals surface area contributed by atoms with Crippen molar-refractivity contribution in [2.45, 2.75) is 20.5 Å². The molecule has 0 atom stereocenters. The number of methoxy groups -OCH3 is 1. The van der Waals surface area contributed by atoms with Crippen LogP contribution in [-0.4, -0.2) is 19.0 Å². The van der Waals surface area contributed by atoms with Gasteiger partial charge in [0, 0.05) is 9.13 Å². The zero-order chi connectivity index (χ0) is 23.5. The maximum atomic E-state index is 12.4. The summed E-state index contributed by atoms with van der Waals surface area (Å²) >= 11 is 5.84. The summed E-state index contributed by atoms with van der Waals surface area (Å²) in [5.41, 5.74) is 5.08. The normalized spacial score (nSPS) is 14.3. The van der Waals surface area contributed by atoms with E-state index in [1.165, 1.54) is 0 Å². The van der Waals surface area contributed by atoms with Crippen LogP contribution < -0.4 is 9.47 Å². The highest BCUT2D eigenvalue weighted by atomic mass is 127. The fourth-order valence-corrected chi connectivity index (χ4v) is 4.26. The number of carbonyl (C=O) groups excluding carboxylic acids is 1. The van der Waals surface area contributed by atoms with E-state index in [4.69, 9.17) is 14.2 Å². The number of nitrogens with zero attached hydrogens (tertiary/aromatic N) is 1. The number of aryl methyl sites for hydroxylation is 2. The average Bonchev–Trinajstić information content (AvgIpc) is 3.15. The molecular weight excluding hydrogens is 597 g/mol. The third-order valence-electron chi connectivity index (χ3n) is 5.21. The van der Waals surface area contributed by atoms with Gasteiger partial charge in [0.2, 0.25) is 5.90 Å². The summed E-state index contributed by atoms with van der Waals surface area (Å²) in [6, 6.07) is 17.6. The van der Waals surface area contributed by atoms with E-state index in [1.54, 1.807) is 19.3 Å². The Kier molecular flexibility index (Phi) is 7.19. The molecule has 0 aliphatic carbocycles. The van der Waals surface area contributed by atoms with Crippen LogP contribution in [0.4, 0.5) is 0 Å². The highest BCUT2D eigenvalue weighted by molar-refractivity contribution is 14.1. The Hall–Kier alpha value is -2.65. The Labute approximate surface area is 214 Å². The molecular formula is C26H21BrINO4. The summed E-state index contributed by atoms with van der Waals surface area (Å²) < 4.78 is 18.9. The first-order chi connectivity index (χ1) is 15.9. The van der Waals surface area contributed by atoms with E-state index in [0.29, 0.717) is 28.5 Å². The predicted molar refractivity (Wildman–Crippen MR) is 141 cm³/mol. The molecule has 4 rings (SSSR count). The Balaban J connectivity index is 1.60. The van der Waals surface area contributed by atoms with Crippen molar-refractivity contribution in [2.24, 2.45) is 4.99 Å². The molecule has 0 aromatic heterocycles. The minimum atomic E-state index is -0.490. The predicted octanol–water partition coefficient (Wildman–Crippen LogP) is 6.60. The summed E-state index contributed by atoms with van der Waals surface area (Å²) in [5.74, 6) is 0.954. The van der Waals surface area contributed by atoms with Gasteiger partial charge in [-0.1, -0.05) is 24.3 Å². The molecule has 168 valence electrons. The van der Waals surface area contributed by atoms with Crippen LogP contribution in [0.25, 0.3) is 6.08 Å². The topological polar surface area (TPSA) is 57.1 Å². The van der Waals surface area contributed by atoms with Crippen molar-refractivity contribution in [3.8, 4) is 11.5 Å². The molecule has 0 bridgehead atoms. The van der Waals surface area contributed by atoms with Crippen LogP contribution in [0.15, 0.2) is 69.8 Å². The van der Waals surface area contributed by atoms with E-state index in [-0.39, 0.29) is 5.70 Å². The number of hydrogen-bond acceptors (Lipinski definition) is 5. The quantitative estimate of drug-likeness (QED) is 0.178. The standard InChI is InChI=1S/C26H21BrINO4/c1-15-6-4-5-7-19(15)14-32-24-20(27)11-17(13-23(24)31-3)12-22-26(30)33-25(29-22)18-8-9-21(28)16(2)10-18/h4-13H,14H2,1-3H3/b22-12-. The molecule has 0 N–H and O–H groups in total. The second kappa shape index (κ2) is 10.1. The zero-order valence-corrected chi connectivity index (χ0v) is 22.1. The number of rotatable bonds is 6. The molecule has 1 aliphatic rings. The van der Waals surface area contributed by atoms with Crippen molar-refractivity contribution in [3.63, 3.8) is 0 Å². The van der Waals surface area contributed by atoms with E-state index in [2.05, 4.69) is 43.5 Å². The number of cyclic esters (lactones) is 1. The van der Waals surface area contributed by atoms with Gasteiger partial charge < -0.3 is 14.2 Å². The average molecular weight is 618 g/mol. The van der Waals surface area contributed by atoms with Crippen LogP contribution in [-0.2, 0) is 16.1 Å². The third kappa shape index (κ3) is 5.30. The lowest BCUT2D eigenvalue weighted by Crippen LogP contribution is -2.05. The van der Waals surface area contributed by atoms with Gasteiger partial charge in [-0.3, -0.25) is 0 Å². The molecule has 1 aliphatic heterocycles. The first-order valence-corrected chi connectivity index (χ1v) is 12.1. The van der Waals surface area contributed by atoms with Gasteiger partial charge >= 0.3 is 5.97 Å². The fraction of sp³-hybridized carbons (Fsp3) is 0.154. The maximum absolute atomic E-state index is 12.4. The molecule has 3 aromatic carbocycles. The van der Waals surface area contributed by atoms with Crippen LogP contribution in [0.3, 0.4) is 0 Å². The first kappa shape index (κ1) is 23.5. The summed E-state index contributed by atoms with van der Waals surface area (Å²) in [4.78, 5) is 16.9. The minimum Gasteiger partial charge on any atom is -0.493 e. The molecule has 0 amide bonds. The number of halogens is 2. The van der Waals surface area contributed by atoms with Gasteiger partial charge in [-0.2, -0.15) is 0 Å². The van der Waals surface area contributed by atoms with Crippen molar-refractivity contribution in [1.82, 2.24) is 0 Å². The second-order valence-corrected chi connectivity index (χ2v) is 9.57. The molecule has 0 unspecified atom stereocenters. The Bertz CT molecular complexity index is 1300. The third-order valence-corrected chi connectivity index (χ3v) is 7.01. The van der Waals surface area contributed by atoms with Crippen molar-refractivity contribution < 1.29 is 19.0 Å². The van der Waals surface area contributed by atoms with E-state index >= 15 is 0 Å². The summed E-state index contributed by atoms with van der Waals surface area (Å²) in [6.07, 6.45) is 1.67.